The van der Waals surface area contributed by atoms with Crippen LogP contribution in [0, 0.1) is 15.9 Å². The molecule has 3 N–H and O–H groups in total. The molecule has 0 saturated carbocycles. The SMILES string of the molecule is C[C@@H]1CN(c2nc(N)c([N+](=O)[O-])c(Nc3ccccc3F)n2)C[C@H](C)O1. The fourth-order valence-corrected chi connectivity index (χ4v) is 2.90. The molecule has 1 aromatic heterocycles. The van der Waals surface area contributed by atoms with Crippen LogP contribution < -0.4 is 16.0 Å². The summed E-state index contributed by atoms with van der Waals surface area (Å²) < 4.78 is 19.6. The van der Waals surface area contributed by atoms with Crippen molar-refractivity contribution in [3.8, 4) is 0 Å². The van der Waals surface area contributed by atoms with Gasteiger partial charge in [-0.15, -0.1) is 0 Å². The standard InChI is InChI=1S/C16H19FN6O3/c1-9-7-22(8-10(2)26-9)16-20-14(18)13(23(24)25)15(21-16)19-12-6-4-3-5-11(12)17/h3-6,9-10H,7-8H2,1-2H3,(H3,18,19,20,21)/t9-,10+. The lowest BCUT2D eigenvalue weighted by Crippen LogP contribution is -2.46. The minimum Gasteiger partial charge on any atom is -0.378 e. The lowest BCUT2D eigenvalue weighted by Gasteiger charge is -2.35. The first-order valence-corrected chi connectivity index (χ1v) is 8.09. The van der Waals surface area contributed by atoms with Crippen LogP contribution in [-0.2, 0) is 4.74 Å². The zero-order valence-electron chi connectivity index (χ0n) is 14.3. The summed E-state index contributed by atoms with van der Waals surface area (Å²) in [6, 6.07) is 5.82. The lowest BCUT2D eigenvalue weighted by molar-refractivity contribution is -0.383. The highest BCUT2D eigenvalue weighted by Crippen LogP contribution is 2.33. The number of nitrogen functional groups attached to an aromatic ring is 1. The van der Waals surface area contributed by atoms with Crippen molar-refractivity contribution in [3.63, 3.8) is 0 Å². The van der Waals surface area contributed by atoms with Gasteiger partial charge in [0.2, 0.25) is 17.6 Å². The second-order valence-corrected chi connectivity index (χ2v) is 6.13. The van der Waals surface area contributed by atoms with Gasteiger partial charge in [0.1, 0.15) is 5.82 Å². The number of anilines is 4. The molecule has 3 rings (SSSR count). The van der Waals surface area contributed by atoms with Crippen molar-refractivity contribution in [2.45, 2.75) is 26.1 Å². The lowest BCUT2D eigenvalue weighted by atomic mass is 10.2. The molecule has 2 atom stereocenters. The Morgan fingerprint density at radius 1 is 1.31 bits per heavy atom. The van der Waals surface area contributed by atoms with Gasteiger partial charge in [-0.3, -0.25) is 10.1 Å². The molecule has 26 heavy (non-hydrogen) atoms. The van der Waals surface area contributed by atoms with Crippen molar-refractivity contribution in [1.29, 1.82) is 0 Å². The van der Waals surface area contributed by atoms with Crippen LogP contribution >= 0.6 is 0 Å². The highest BCUT2D eigenvalue weighted by Gasteiger charge is 2.29. The molecule has 0 amide bonds. The van der Waals surface area contributed by atoms with Crippen LogP contribution in [0.15, 0.2) is 24.3 Å². The van der Waals surface area contributed by atoms with Gasteiger partial charge in [-0.1, -0.05) is 12.1 Å². The minimum atomic E-state index is -0.688. The zero-order valence-corrected chi connectivity index (χ0v) is 14.3. The van der Waals surface area contributed by atoms with Gasteiger partial charge >= 0.3 is 5.69 Å². The van der Waals surface area contributed by atoms with E-state index in [4.69, 9.17) is 10.5 Å². The molecule has 1 saturated heterocycles. The van der Waals surface area contributed by atoms with E-state index in [0.29, 0.717) is 13.1 Å². The number of rotatable bonds is 4. The Balaban J connectivity index is 2.02. The van der Waals surface area contributed by atoms with Crippen molar-refractivity contribution in [2.24, 2.45) is 0 Å². The van der Waals surface area contributed by atoms with Gasteiger partial charge in [-0.2, -0.15) is 9.97 Å². The number of para-hydroxylation sites is 1. The molecule has 9 nitrogen and oxygen atoms in total. The number of benzene rings is 1. The molecule has 0 radical (unpaired) electrons. The number of nitrogens with two attached hydrogens (primary N) is 1. The van der Waals surface area contributed by atoms with Gasteiger partial charge in [-0.05, 0) is 26.0 Å². The molecule has 0 aliphatic carbocycles. The number of aromatic nitrogens is 2. The van der Waals surface area contributed by atoms with Crippen molar-refractivity contribution < 1.29 is 14.1 Å². The maximum absolute atomic E-state index is 13.9. The maximum atomic E-state index is 13.9. The van der Waals surface area contributed by atoms with Crippen molar-refractivity contribution in [1.82, 2.24) is 9.97 Å². The highest BCUT2D eigenvalue weighted by atomic mass is 19.1. The first-order chi connectivity index (χ1) is 12.3. The van der Waals surface area contributed by atoms with E-state index in [1.165, 1.54) is 18.2 Å². The average Bonchev–Trinajstić information content (AvgIpc) is 2.55. The molecule has 10 heteroatoms. The summed E-state index contributed by atoms with van der Waals surface area (Å²) >= 11 is 0. The van der Waals surface area contributed by atoms with E-state index < -0.39 is 16.4 Å². The number of nitrogens with one attached hydrogen (secondary N) is 1. The Kier molecular flexibility index (Phi) is 4.85. The molecule has 1 aliphatic rings. The molecule has 1 aliphatic heterocycles. The van der Waals surface area contributed by atoms with Gasteiger partial charge in [0.25, 0.3) is 0 Å². The fraction of sp³-hybridized carbons (Fsp3) is 0.375. The van der Waals surface area contributed by atoms with Crippen LogP contribution in [0.2, 0.25) is 0 Å². The summed E-state index contributed by atoms with van der Waals surface area (Å²) in [7, 11) is 0. The quantitative estimate of drug-likeness (QED) is 0.629. The topological polar surface area (TPSA) is 119 Å². The Bertz CT molecular complexity index is 824. The number of nitrogens with zero attached hydrogens (tertiary/aromatic N) is 4. The van der Waals surface area contributed by atoms with E-state index in [0.717, 1.165) is 0 Å². The molecule has 0 spiro atoms. The Morgan fingerprint density at radius 3 is 2.58 bits per heavy atom. The second-order valence-electron chi connectivity index (χ2n) is 6.13. The molecule has 138 valence electrons. The largest absolute Gasteiger partial charge is 0.378 e. The van der Waals surface area contributed by atoms with Crippen LogP contribution in [-0.4, -0.2) is 40.2 Å². The van der Waals surface area contributed by atoms with Crippen molar-refractivity contribution in [3.05, 3.63) is 40.2 Å². The smallest absolute Gasteiger partial charge is 0.353 e. The van der Waals surface area contributed by atoms with Crippen molar-refractivity contribution in [2.75, 3.05) is 29.0 Å². The van der Waals surface area contributed by atoms with Gasteiger partial charge in [-0.25, -0.2) is 4.39 Å². The first-order valence-electron chi connectivity index (χ1n) is 8.09. The van der Waals surface area contributed by atoms with E-state index in [-0.39, 0.29) is 35.5 Å². The Labute approximate surface area is 149 Å². The Morgan fingerprint density at radius 2 is 1.96 bits per heavy atom. The van der Waals surface area contributed by atoms with Crippen LogP contribution in [0.1, 0.15) is 13.8 Å². The molecule has 0 bridgehead atoms. The number of halogens is 1. The third-order valence-electron chi connectivity index (χ3n) is 3.91. The summed E-state index contributed by atoms with van der Waals surface area (Å²) in [4.78, 5) is 20.9. The van der Waals surface area contributed by atoms with Gasteiger partial charge in [0.05, 0.1) is 22.8 Å². The summed E-state index contributed by atoms with van der Waals surface area (Å²) in [5.74, 6) is -0.775. The van der Waals surface area contributed by atoms with Gasteiger partial charge in [0, 0.05) is 13.1 Å². The molecule has 2 heterocycles. The van der Waals surface area contributed by atoms with Crippen LogP contribution in [0.3, 0.4) is 0 Å². The third kappa shape index (κ3) is 3.64. The molecule has 2 aromatic rings. The summed E-state index contributed by atoms with van der Waals surface area (Å²) in [5, 5.41) is 14.0. The number of nitro groups is 1. The van der Waals surface area contributed by atoms with E-state index in [1.54, 1.807) is 6.07 Å². The van der Waals surface area contributed by atoms with Crippen molar-refractivity contribution >= 4 is 29.0 Å². The predicted molar refractivity (Wildman–Crippen MR) is 95.0 cm³/mol. The van der Waals surface area contributed by atoms with E-state index in [9.17, 15) is 14.5 Å². The van der Waals surface area contributed by atoms with Crippen LogP contribution in [0.25, 0.3) is 0 Å². The van der Waals surface area contributed by atoms with Crippen LogP contribution in [0.4, 0.5) is 33.3 Å². The molecule has 1 aromatic carbocycles. The molecular weight excluding hydrogens is 343 g/mol. The predicted octanol–water partition coefficient (Wildman–Crippen LogP) is 2.46. The summed E-state index contributed by atoms with van der Waals surface area (Å²) in [6.45, 7) is 4.85. The van der Waals surface area contributed by atoms with E-state index in [1.807, 2.05) is 18.7 Å². The average molecular weight is 362 g/mol. The van der Waals surface area contributed by atoms with Crippen LogP contribution in [0.5, 0.6) is 0 Å². The first kappa shape index (κ1) is 17.8. The van der Waals surface area contributed by atoms with Gasteiger partial charge < -0.3 is 20.7 Å². The highest BCUT2D eigenvalue weighted by molar-refractivity contribution is 5.74. The molecule has 1 fully saturated rings. The molecule has 0 unspecified atom stereocenters. The summed E-state index contributed by atoms with van der Waals surface area (Å²) in [5.41, 5.74) is 5.37. The minimum absolute atomic E-state index is 0.0539. The molecular formula is C16H19FN6O3. The normalized spacial score (nSPS) is 20.0. The number of hydrogen-bond acceptors (Lipinski definition) is 8. The van der Waals surface area contributed by atoms with Gasteiger partial charge in [0.15, 0.2) is 0 Å². The Hall–Kier alpha value is -3.01. The third-order valence-corrected chi connectivity index (χ3v) is 3.91. The maximum Gasteiger partial charge on any atom is 0.353 e. The van der Waals surface area contributed by atoms with E-state index in [2.05, 4.69) is 15.3 Å². The second kappa shape index (κ2) is 7.08. The van der Waals surface area contributed by atoms with E-state index >= 15 is 0 Å². The fourth-order valence-electron chi connectivity index (χ4n) is 2.90. The number of hydrogen-bond donors (Lipinski definition) is 2. The number of morpholine rings is 1. The summed E-state index contributed by atoms with van der Waals surface area (Å²) in [6.07, 6.45) is -0.108. The monoisotopic (exact) mass is 362 g/mol. The number of ether oxygens (including phenoxy) is 1. The zero-order chi connectivity index (χ0) is 18.8.